The summed E-state index contributed by atoms with van der Waals surface area (Å²) in [6.45, 7) is 2.68. The summed E-state index contributed by atoms with van der Waals surface area (Å²) in [4.78, 5) is 36.9. The summed E-state index contributed by atoms with van der Waals surface area (Å²) in [5.74, 6) is -3.59. The summed E-state index contributed by atoms with van der Waals surface area (Å²) < 4.78 is 0. The number of nitrogens with one attached hydrogen (secondary N) is 1. The molecule has 1 aromatic rings. The second-order valence-electron chi connectivity index (χ2n) is 7.05. The largest absolute Gasteiger partial charge is 0.473 e. The van der Waals surface area contributed by atoms with E-state index in [0.717, 1.165) is 37.3 Å². The molecule has 0 atom stereocenters. The molecule has 0 unspecified atom stereocenters. The van der Waals surface area contributed by atoms with Crippen molar-refractivity contribution in [3.05, 3.63) is 24.3 Å². The van der Waals surface area contributed by atoms with E-state index in [1.807, 2.05) is 50.3 Å². The average molecular weight is 394 g/mol. The predicted molar refractivity (Wildman–Crippen MR) is 108 cm³/mol. The number of likely N-dealkylation sites (N-methyl/N-ethyl adjacent to an activating group) is 1. The van der Waals surface area contributed by atoms with Crippen molar-refractivity contribution in [3.63, 3.8) is 0 Å². The fraction of sp³-hybridized carbons (Fsp3) is 0.526. The number of hydrogen-bond donors (Lipinski definition) is 3. The Kier molecular flexibility index (Phi) is 9.40. The third-order valence-electron chi connectivity index (χ3n) is 4.55. The number of nitrogens with zero attached hydrogens (tertiary/aromatic N) is 3. The Morgan fingerprint density at radius 2 is 1.54 bits per heavy atom. The maximum Gasteiger partial charge on any atom is 0.414 e. The number of hydrogen-bond acceptors (Lipinski definition) is 6. The number of amides is 1. The lowest BCUT2D eigenvalue weighted by Crippen LogP contribution is -2.44. The van der Waals surface area contributed by atoms with E-state index in [0.29, 0.717) is 12.6 Å². The van der Waals surface area contributed by atoms with Crippen molar-refractivity contribution in [2.45, 2.75) is 18.9 Å². The van der Waals surface area contributed by atoms with Crippen molar-refractivity contribution in [1.29, 1.82) is 0 Å². The first-order valence-corrected chi connectivity index (χ1v) is 9.02. The van der Waals surface area contributed by atoms with Crippen molar-refractivity contribution in [3.8, 4) is 0 Å². The highest BCUT2D eigenvalue weighted by Crippen LogP contribution is 2.16. The molecule has 156 valence electrons. The molecule has 2 rings (SSSR count). The minimum atomic E-state index is -1.82. The zero-order valence-corrected chi connectivity index (χ0v) is 16.9. The van der Waals surface area contributed by atoms with Crippen LogP contribution in [-0.4, -0.2) is 91.7 Å². The second kappa shape index (κ2) is 11.3. The van der Waals surface area contributed by atoms with Crippen molar-refractivity contribution >= 4 is 29.2 Å². The second-order valence-corrected chi connectivity index (χ2v) is 7.05. The molecule has 28 heavy (non-hydrogen) atoms. The quantitative estimate of drug-likeness (QED) is 0.631. The fourth-order valence-corrected chi connectivity index (χ4v) is 2.83. The summed E-state index contributed by atoms with van der Waals surface area (Å²) >= 11 is 0. The molecule has 1 fully saturated rings. The van der Waals surface area contributed by atoms with Gasteiger partial charge in [0.25, 0.3) is 0 Å². The molecule has 1 heterocycles. The standard InChI is InChI=1S/C17H28N4O.C2H2O4/c1-19(2)15-7-5-14(6-8-15)18-17(22)13-21(4)16-9-11-20(3)12-10-16;3-1(4)2(5)6/h5-8,16H,9-13H2,1-4H3,(H,18,22);(H,3,4)(H,5,6). The van der Waals surface area contributed by atoms with E-state index in [9.17, 15) is 4.79 Å². The zero-order valence-electron chi connectivity index (χ0n) is 16.9. The van der Waals surface area contributed by atoms with Crippen LogP contribution in [0.25, 0.3) is 0 Å². The molecule has 1 saturated heterocycles. The molecule has 0 spiro atoms. The maximum absolute atomic E-state index is 12.2. The van der Waals surface area contributed by atoms with Crippen LogP contribution in [-0.2, 0) is 14.4 Å². The number of carbonyl (C=O) groups excluding carboxylic acids is 1. The monoisotopic (exact) mass is 394 g/mol. The lowest BCUT2D eigenvalue weighted by atomic mass is 10.0. The van der Waals surface area contributed by atoms with Gasteiger partial charge in [0.1, 0.15) is 0 Å². The Bertz CT molecular complexity index is 643. The van der Waals surface area contributed by atoms with E-state index in [4.69, 9.17) is 19.8 Å². The van der Waals surface area contributed by atoms with Crippen LogP contribution in [0.5, 0.6) is 0 Å². The number of benzene rings is 1. The smallest absolute Gasteiger partial charge is 0.414 e. The van der Waals surface area contributed by atoms with Crippen molar-refractivity contribution in [1.82, 2.24) is 9.80 Å². The van der Waals surface area contributed by atoms with Gasteiger partial charge in [0.15, 0.2) is 0 Å². The Morgan fingerprint density at radius 3 is 1.96 bits per heavy atom. The summed E-state index contributed by atoms with van der Waals surface area (Å²) in [6, 6.07) is 8.43. The number of piperidine rings is 1. The van der Waals surface area contributed by atoms with Crippen molar-refractivity contribution in [2.24, 2.45) is 0 Å². The molecule has 1 aliphatic rings. The number of carboxylic acid groups (broad SMARTS) is 2. The number of anilines is 2. The molecule has 0 aliphatic carbocycles. The van der Waals surface area contributed by atoms with Gasteiger partial charge in [0.2, 0.25) is 5.91 Å². The van der Waals surface area contributed by atoms with Crippen LogP contribution in [0, 0.1) is 0 Å². The number of carboxylic acids is 2. The summed E-state index contributed by atoms with van der Waals surface area (Å²) in [5.41, 5.74) is 1.98. The number of likely N-dealkylation sites (tertiary alicyclic amines) is 1. The highest BCUT2D eigenvalue weighted by atomic mass is 16.4. The van der Waals surface area contributed by atoms with Gasteiger partial charge in [0, 0.05) is 31.5 Å². The van der Waals surface area contributed by atoms with Crippen LogP contribution in [0.15, 0.2) is 24.3 Å². The lowest BCUT2D eigenvalue weighted by Gasteiger charge is -2.34. The van der Waals surface area contributed by atoms with E-state index in [1.165, 1.54) is 0 Å². The maximum atomic E-state index is 12.2. The van der Waals surface area contributed by atoms with E-state index < -0.39 is 11.9 Å². The van der Waals surface area contributed by atoms with Crippen molar-refractivity contribution < 1.29 is 24.6 Å². The van der Waals surface area contributed by atoms with Crippen LogP contribution in [0.4, 0.5) is 11.4 Å². The summed E-state index contributed by atoms with van der Waals surface area (Å²) in [5, 5.41) is 17.8. The van der Waals surface area contributed by atoms with E-state index in [1.54, 1.807) is 0 Å². The van der Waals surface area contributed by atoms with E-state index >= 15 is 0 Å². The number of carbonyl (C=O) groups is 3. The third-order valence-corrected chi connectivity index (χ3v) is 4.55. The van der Waals surface area contributed by atoms with Gasteiger partial charge in [-0.15, -0.1) is 0 Å². The Balaban J connectivity index is 0.000000568. The van der Waals surface area contributed by atoms with Crippen LogP contribution >= 0.6 is 0 Å². The summed E-state index contributed by atoms with van der Waals surface area (Å²) in [6.07, 6.45) is 2.27. The Morgan fingerprint density at radius 1 is 1.04 bits per heavy atom. The molecule has 0 radical (unpaired) electrons. The zero-order chi connectivity index (χ0) is 21.3. The SMILES string of the molecule is CN1CCC(N(C)CC(=O)Nc2ccc(N(C)C)cc2)CC1.O=C(O)C(=O)O. The summed E-state index contributed by atoms with van der Waals surface area (Å²) in [7, 11) is 8.21. The molecule has 0 saturated carbocycles. The molecule has 9 nitrogen and oxygen atoms in total. The molecule has 1 amide bonds. The first-order valence-electron chi connectivity index (χ1n) is 9.02. The first-order chi connectivity index (χ1) is 13.1. The van der Waals surface area contributed by atoms with Gasteiger partial charge in [-0.3, -0.25) is 9.69 Å². The average Bonchev–Trinajstić information content (AvgIpc) is 2.63. The van der Waals surface area contributed by atoms with Gasteiger partial charge >= 0.3 is 11.9 Å². The minimum absolute atomic E-state index is 0.0547. The van der Waals surface area contributed by atoms with Crippen LogP contribution in [0.1, 0.15) is 12.8 Å². The fourth-order valence-electron chi connectivity index (χ4n) is 2.83. The highest BCUT2D eigenvalue weighted by molar-refractivity contribution is 6.27. The van der Waals surface area contributed by atoms with Gasteiger partial charge in [0.05, 0.1) is 6.54 Å². The molecule has 3 N–H and O–H groups in total. The van der Waals surface area contributed by atoms with Gasteiger partial charge in [-0.2, -0.15) is 0 Å². The van der Waals surface area contributed by atoms with E-state index in [-0.39, 0.29) is 5.91 Å². The lowest BCUT2D eigenvalue weighted by molar-refractivity contribution is -0.159. The molecular formula is C19H30N4O5. The molecule has 9 heteroatoms. The van der Waals surface area contributed by atoms with Gasteiger partial charge in [-0.05, 0) is 64.3 Å². The van der Waals surface area contributed by atoms with Gasteiger partial charge in [-0.1, -0.05) is 0 Å². The van der Waals surface area contributed by atoms with Gasteiger partial charge < -0.3 is 25.3 Å². The molecule has 1 aliphatic heterocycles. The highest BCUT2D eigenvalue weighted by Gasteiger charge is 2.21. The number of rotatable bonds is 5. The Hall–Kier alpha value is -2.65. The Labute approximate surface area is 165 Å². The normalized spacial score (nSPS) is 14.8. The van der Waals surface area contributed by atoms with Crippen LogP contribution in [0.3, 0.4) is 0 Å². The van der Waals surface area contributed by atoms with Crippen LogP contribution in [0.2, 0.25) is 0 Å². The van der Waals surface area contributed by atoms with Crippen molar-refractivity contribution in [2.75, 3.05) is 58.0 Å². The molecule has 1 aromatic carbocycles. The first kappa shape index (κ1) is 23.4. The molecule has 0 aromatic heterocycles. The molecular weight excluding hydrogens is 364 g/mol. The molecule has 0 bridgehead atoms. The topological polar surface area (TPSA) is 113 Å². The number of aliphatic carboxylic acids is 2. The minimum Gasteiger partial charge on any atom is -0.473 e. The predicted octanol–water partition coefficient (Wildman–Crippen LogP) is 0.873. The van der Waals surface area contributed by atoms with E-state index in [2.05, 4.69) is 22.2 Å². The third kappa shape index (κ3) is 8.36. The van der Waals surface area contributed by atoms with Crippen LogP contribution < -0.4 is 10.2 Å². The van der Waals surface area contributed by atoms with Gasteiger partial charge in [-0.25, -0.2) is 9.59 Å².